The summed E-state index contributed by atoms with van der Waals surface area (Å²) < 4.78 is 0. The van der Waals surface area contributed by atoms with Crippen LogP contribution in [-0.2, 0) is 21.5 Å². The second kappa shape index (κ2) is 7.28. The van der Waals surface area contributed by atoms with Crippen LogP contribution in [0.3, 0.4) is 0 Å². The lowest BCUT2D eigenvalue weighted by Gasteiger charge is -2.22. The number of benzene rings is 2. The molecule has 3 rings (SSSR count). The third kappa shape index (κ3) is 3.65. The smallest absolute Gasteiger partial charge is 0.318 e. The zero-order valence-corrected chi connectivity index (χ0v) is 15.4. The number of nitro benzene ring substituents is 1. The van der Waals surface area contributed by atoms with Crippen LogP contribution >= 0.6 is 11.6 Å². The van der Waals surface area contributed by atoms with Gasteiger partial charge in [-0.3, -0.25) is 25.1 Å². The van der Waals surface area contributed by atoms with Gasteiger partial charge in [-0.2, -0.15) is 5.01 Å². The molecule has 4 amide bonds. The van der Waals surface area contributed by atoms with Crippen molar-refractivity contribution < 1.29 is 19.3 Å². The highest BCUT2D eigenvalue weighted by Gasteiger charge is 2.50. The van der Waals surface area contributed by atoms with Crippen LogP contribution in [0.4, 0.5) is 10.5 Å². The van der Waals surface area contributed by atoms with E-state index in [1.165, 1.54) is 31.2 Å². The molecule has 0 aromatic heterocycles. The van der Waals surface area contributed by atoms with Crippen molar-refractivity contribution in [2.75, 3.05) is 0 Å². The molecular formula is C18H15ClN4O5. The molecule has 1 saturated heterocycles. The van der Waals surface area contributed by atoms with Crippen LogP contribution in [0.2, 0.25) is 5.02 Å². The van der Waals surface area contributed by atoms with Crippen molar-refractivity contribution in [3.8, 4) is 0 Å². The minimum absolute atomic E-state index is 0.0531. The minimum Gasteiger partial charge on any atom is -0.318 e. The van der Waals surface area contributed by atoms with E-state index in [9.17, 15) is 24.5 Å². The Labute approximate surface area is 164 Å². The maximum atomic E-state index is 12.8. The van der Waals surface area contributed by atoms with Gasteiger partial charge in [-0.1, -0.05) is 23.7 Å². The van der Waals surface area contributed by atoms with Gasteiger partial charge in [0.05, 0.1) is 11.3 Å². The monoisotopic (exact) mass is 402 g/mol. The van der Waals surface area contributed by atoms with Gasteiger partial charge in [0, 0.05) is 17.2 Å². The molecule has 0 bridgehead atoms. The maximum Gasteiger partial charge on any atom is 0.344 e. The number of hydrogen-bond donors (Lipinski definition) is 2. The topological polar surface area (TPSA) is 122 Å². The number of hydrazine groups is 1. The SMILES string of the molecule is C[C@]1(c2ccc([N+](=O)[O-])cc2)NC(=O)N(NC(=O)Cc2ccc(Cl)cc2)C1=O. The molecule has 9 nitrogen and oxygen atoms in total. The first-order chi connectivity index (χ1) is 13.2. The van der Waals surface area contributed by atoms with Gasteiger partial charge in [-0.05, 0) is 42.3 Å². The highest BCUT2D eigenvalue weighted by atomic mass is 35.5. The summed E-state index contributed by atoms with van der Waals surface area (Å²) >= 11 is 5.80. The number of amides is 4. The molecule has 2 aromatic rings. The van der Waals surface area contributed by atoms with Gasteiger partial charge in [0.1, 0.15) is 5.54 Å². The number of halogens is 1. The number of carbonyl (C=O) groups excluding carboxylic acids is 3. The molecule has 2 aromatic carbocycles. The second-order valence-electron chi connectivity index (χ2n) is 6.34. The van der Waals surface area contributed by atoms with E-state index < -0.39 is 28.3 Å². The Morgan fingerprint density at radius 3 is 2.36 bits per heavy atom. The fraction of sp³-hybridized carbons (Fsp3) is 0.167. The van der Waals surface area contributed by atoms with E-state index >= 15 is 0 Å². The van der Waals surface area contributed by atoms with Gasteiger partial charge in [0.25, 0.3) is 11.6 Å². The first-order valence-electron chi connectivity index (χ1n) is 8.16. The van der Waals surface area contributed by atoms with Gasteiger partial charge in [-0.25, -0.2) is 4.79 Å². The Balaban J connectivity index is 1.74. The lowest BCUT2D eigenvalue weighted by molar-refractivity contribution is -0.384. The van der Waals surface area contributed by atoms with Crippen LogP contribution in [0.5, 0.6) is 0 Å². The quantitative estimate of drug-likeness (QED) is 0.451. The fourth-order valence-electron chi connectivity index (χ4n) is 2.80. The predicted molar refractivity (Wildman–Crippen MR) is 99.1 cm³/mol. The largest absolute Gasteiger partial charge is 0.344 e. The zero-order chi connectivity index (χ0) is 20.5. The van der Waals surface area contributed by atoms with Crippen LogP contribution in [-0.4, -0.2) is 27.8 Å². The number of urea groups is 1. The summed E-state index contributed by atoms with van der Waals surface area (Å²) in [5, 5.41) is 14.4. The lowest BCUT2D eigenvalue weighted by Crippen LogP contribution is -2.48. The normalized spacial score (nSPS) is 18.7. The number of nitro groups is 1. The third-order valence-corrected chi connectivity index (χ3v) is 4.61. The standard InChI is InChI=1S/C18H15ClN4O5/c1-18(12-4-8-14(9-5-12)23(27)28)16(25)22(17(26)20-18)21-15(24)10-11-2-6-13(19)7-3-11/h2-9H,10H2,1H3,(H,20,26)(H,21,24)/t18-/m1/s1. The predicted octanol–water partition coefficient (Wildman–Crippen LogP) is 2.29. The Bertz CT molecular complexity index is 961. The van der Waals surface area contributed by atoms with E-state index in [0.29, 0.717) is 21.2 Å². The summed E-state index contributed by atoms with van der Waals surface area (Å²) in [6, 6.07) is 11.0. The van der Waals surface area contributed by atoms with Crippen molar-refractivity contribution in [1.82, 2.24) is 15.8 Å². The van der Waals surface area contributed by atoms with Crippen molar-refractivity contribution in [3.05, 3.63) is 74.8 Å². The second-order valence-corrected chi connectivity index (χ2v) is 6.77. The molecule has 0 unspecified atom stereocenters. The van der Waals surface area contributed by atoms with Crippen LogP contribution in [0.25, 0.3) is 0 Å². The molecule has 144 valence electrons. The van der Waals surface area contributed by atoms with Crippen LogP contribution in [0, 0.1) is 10.1 Å². The molecule has 0 radical (unpaired) electrons. The number of rotatable bonds is 5. The summed E-state index contributed by atoms with van der Waals surface area (Å²) in [5.41, 5.74) is 1.70. The van der Waals surface area contributed by atoms with Crippen molar-refractivity contribution in [1.29, 1.82) is 0 Å². The first-order valence-corrected chi connectivity index (χ1v) is 8.54. The van der Waals surface area contributed by atoms with Gasteiger partial charge < -0.3 is 5.32 Å². The van der Waals surface area contributed by atoms with Crippen LogP contribution < -0.4 is 10.7 Å². The van der Waals surface area contributed by atoms with Crippen molar-refractivity contribution in [3.63, 3.8) is 0 Å². The summed E-state index contributed by atoms with van der Waals surface area (Å²) in [6.07, 6.45) is -0.0531. The number of non-ortho nitro benzene ring substituents is 1. The molecule has 0 spiro atoms. The van der Waals surface area contributed by atoms with E-state index in [4.69, 9.17) is 11.6 Å². The number of nitrogens with one attached hydrogen (secondary N) is 2. The van der Waals surface area contributed by atoms with Crippen molar-refractivity contribution in [2.45, 2.75) is 18.9 Å². The maximum absolute atomic E-state index is 12.8. The molecule has 10 heteroatoms. The minimum atomic E-state index is -1.46. The summed E-state index contributed by atoms with van der Waals surface area (Å²) in [7, 11) is 0. The van der Waals surface area contributed by atoms with Crippen LogP contribution in [0.15, 0.2) is 48.5 Å². The molecule has 1 aliphatic heterocycles. The average Bonchev–Trinajstić information content (AvgIpc) is 2.88. The molecular weight excluding hydrogens is 388 g/mol. The third-order valence-electron chi connectivity index (χ3n) is 4.36. The molecule has 28 heavy (non-hydrogen) atoms. The fourth-order valence-corrected chi connectivity index (χ4v) is 2.93. The molecule has 1 fully saturated rings. The Morgan fingerprint density at radius 1 is 1.18 bits per heavy atom. The lowest BCUT2D eigenvalue weighted by atomic mass is 9.92. The van der Waals surface area contributed by atoms with Gasteiger partial charge in [-0.15, -0.1) is 0 Å². The Hall–Kier alpha value is -3.46. The van der Waals surface area contributed by atoms with Gasteiger partial charge in [0.2, 0.25) is 5.91 Å². The van der Waals surface area contributed by atoms with E-state index in [1.807, 2.05) is 0 Å². The van der Waals surface area contributed by atoms with Crippen molar-refractivity contribution in [2.24, 2.45) is 0 Å². The number of carbonyl (C=O) groups is 3. The average molecular weight is 403 g/mol. The molecule has 1 atom stereocenters. The summed E-state index contributed by atoms with van der Waals surface area (Å²) in [5.74, 6) is -1.26. The van der Waals surface area contributed by atoms with Gasteiger partial charge >= 0.3 is 6.03 Å². The first kappa shape index (κ1) is 19.3. The summed E-state index contributed by atoms with van der Waals surface area (Å²) in [4.78, 5) is 47.4. The van der Waals surface area contributed by atoms with Crippen LogP contribution in [0.1, 0.15) is 18.1 Å². The highest BCUT2D eigenvalue weighted by molar-refractivity contribution is 6.30. The number of nitrogens with zero attached hydrogens (tertiary/aromatic N) is 2. The van der Waals surface area contributed by atoms with E-state index in [2.05, 4.69) is 10.7 Å². The Morgan fingerprint density at radius 2 is 1.79 bits per heavy atom. The molecule has 0 saturated carbocycles. The zero-order valence-electron chi connectivity index (χ0n) is 14.6. The number of imide groups is 1. The molecule has 0 aliphatic carbocycles. The van der Waals surface area contributed by atoms with E-state index in [-0.39, 0.29) is 12.1 Å². The van der Waals surface area contributed by atoms with Crippen molar-refractivity contribution >= 4 is 35.1 Å². The van der Waals surface area contributed by atoms with E-state index in [1.54, 1.807) is 24.3 Å². The molecule has 2 N–H and O–H groups in total. The van der Waals surface area contributed by atoms with Gasteiger partial charge in [0.15, 0.2) is 0 Å². The summed E-state index contributed by atoms with van der Waals surface area (Å²) in [6.45, 7) is 1.46. The highest BCUT2D eigenvalue weighted by Crippen LogP contribution is 2.29. The Kier molecular flexibility index (Phi) is 5.02. The molecule has 1 aliphatic rings. The number of hydrogen-bond acceptors (Lipinski definition) is 5. The van der Waals surface area contributed by atoms with E-state index in [0.717, 1.165) is 0 Å². The molecule has 1 heterocycles.